The van der Waals surface area contributed by atoms with E-state index in [1.807, 2.05) is 0 Å². The van der Waals surface area contributed by atoms with Gasteiger partial charge >= 0.3 is 0 Å². The molecule has 0 aromatic heterocycles. The first-order chi connectivity index (χ1) is 7.33. The van der Waals surface area contributed by atoms with Crippen molar-refractivity contribution < 1.29 is 9.47 Å². The highest BCUT2D eigenvalue weighted by molar-refractivity contribution is 4.94. The van der Waals surface area contributed by atoms with Gasteiger partial charge in [-0.1, -0.05) is 6.92 Å². The SMILES string of the molecule is CCNCC1(CCCOCCOC)CC1. The first-order valence-corrected chi connectivity index (χ1v) is 6.10. The van der Waals surface area contributed by atoms with Gasteiger partial charge in [0, 0.05) is 20.3 Å². The highest BCUT2D eigenvalue weighted by Gasteiger charge is 2.40. The topological polar surface area (TPSA) is 30.5 Å². The second-order valence-electron chi connectivity index (χ2n) is 4.49. The smallest absolute Gasteiger partial charge is 0.0700 e. The van der Waals surface area contributed by atoms with E-state index in [0.29, 0.717) is 12.0 Å². The van der Waals surface area contributed by atoms with Crippen molar-refractivity contribution in [3.05, 3.63) is 0 Å². The molecule has 0 spiro atoms. The molecule has 0 amide bonds. The van der Waals surface area contributed by atoms with Crippen LogP contribution in [0, 0.1) is 5.41 Å². The molecule has 1 saturated carbocycles. The summed E-state index contributed by atoms with van der Waals surface area (Å²) in [6.45, 7) is 6.79. The van der Waals surface area contributed by atoms with Crippen LogP contribution in [0.1, 0.15) is 32.6 Å². The summed E-state index contributed by atoms with van der Waals surface area (Å²) in [6.07, 6.45) is 5.30. The zero-order chi connectivity index (χ0) is 11.0. The van der Waals surface area contributed by atoms with E-state index in [2.05, 4.69) is 12.2 Å². The maximum absolute atomic E-state index is 5.46. The molecule has 1 fully saturated rings. The molecule has 90 valence electrons. The third-order valence-electron chi connectivity index (χ3n) is 3.13. The predicted octanol–water partition coefficient (Wildman–Crippen LogP) is 1.82. The summed E-state index contributed by atoms with van der Waals surface area (Å²) in [5.74, 6) is 0. The van der Waals surface area contributed by atoms with E-state index >= 15 is 0 Å². The Morgan fingerprint density at radius 1 is 1.20 bits per heavy atom. The van der Waals surface area contributed by atoms with E-state index in [9.17, 15) is 0 Å². The molecule has 0 aromatic rings. The molecule has 15 heavy (non-hydrogen) atoms. The fourth-order valence-corrected chi connectivity index (χ4v) is 1.88. The normalized spacial score (nSPS) is 18.0. The molecule has 0 bridgehead atoms. The van der Waals surface area contributed by atoms with E-state index in [4.69, 9.17) is 9.47 Å². The summed E-state index contributed by atoms with van der Waals surface area (Å²) in [5.41, 5.74) is 0.626. The predicted molar refractivity (Wildman–Crippen MR) is 62.1 cm³/mol. The summed E-state index contributed by atoms with van der Waals surface area (Å²) in [6, 6.07) is 0. The Bertz CT molecular complexity index is 158. The number of ether oxygens (including phenoxy) is 2. The van der Waals surface area contributed by atoms with Crippen molar-refractivity contribution >= 4 is 0 Å². The lowest BCUT2D eigenvalue weighted by molar-refractivity contribution is 0.0667. The molecular weight excluding hydrogens is 190 g/mol. The Morgan fingerprint density at radius 2 is 2.00 bits per heavy atom. The summed E-state index contributed by atoms with van der Waals surface area (Å²) < 4.78 is 10.4. The minimum atomic E-state index is 0.626. The van der Waals surface area contributed by atoms with Gasteiger partial charge in [0.25, 0.3) is 0 Å². The average molecular weight is 215 g/mol. The zero-order valence-corrected chi connectivity index (χ0v) is 10.2. The van der Waals surface area contributed by atoms with E-state index in [-0.39, 0.29) is 0 Å². The second-order valence-corrected chi connectivity index (χ2v) is 4.49. The lowest BCUT2D eigenvalue weighted by atomic mass is 10.0. The van der Waals surface area contributed by atoms with Crippen LogP contribution in [-0.4, -0.2) is 40.0 Å². The highest BCUT2D eigenvalue weighted by atomic mass is 16.5. The average Bonchev–Trinajstić information content (AvgIpc) is 3.01. The molecule has 0 saturated heterocycles. The number of nitrogens with one attached hydrogen (secondary N) is 1. The zero-order valence-electron chi connectivity index (χ0n) is 10.2. The maximum atomic E-state index is 5.46. The summed E-state index contributed by atoms with van der Waals surface area (Å²) >= 11 is 0. The first kappa shape index (κ1) is 12.9. The number of hydrogen-bond donors (Lipinski definition) is 1. The molecule has 3 nitrogen and oxygen atoms in total. The largest absolute Gasteiger partial charge is 0.382 e. The minimum absolute atomic E-state index is 0.626. The molecule has 1 N–H and O–H groups in total. The van der Waals surface area contributed by atoms with Crippen LogP contribution < -0.4 is 5.32 Å². The maximum Gasteiger partial charge on any atom is 0.0700 e. The van der Waals surface area contributed by atoms with Gasteiger partial charge in [0.05, 0.1) is 13.2 Å². The molecule has 0 aliphatic heterocycles. The molecule has 0 radical (unpaired) electrons. The first-order valence-electron chi connectivity index (χ1n) is 6.10. The molecule has 0 heterocycles. The Morgan fingerprint density at radius 3 is 2.60 bits per heavy atom. The van der Waals surface area contributed by atoms with Crippen LogP contribution in [0.5, 0.6) is 0 Å². The molecule has 0 atom stereocenters. The standard InChI is InChI=1S/C12H25NO2/c1-3-13-11-12(6-7-12)5-4-8-15-10-9-14-2/h13H,3-11H2,1-2H3. The molecule has 1 aliphatic rings. The highest BCUT2D eigenvalue weighted by Crippen LogP contribution is 2.48. The van der Waals surface area contributed by atoms with Crippen LogP contribution in [0.2, 0.25) is 0 Å². The molecule has 1 rings (SSSR count). The Hall–Kier alpha value is -0.120. The summed E-state index contributed by atoms with van der Waals surface area (Å²) in [7, 11) is 1.71. The van der Waals surface area contributed by atoms with Crippen molar-refractivity contribution in [3.63, 3.8) is 0 Å². The Kier molecular flexibility index (Phi) is 6.22. The van der Waals surface area contributed by atoms with Gasteiger partial charge in [-0.05, 0) is 37.6 Å². The molecular formula is C12H25NO2. The third-order valence-corrected chi connectivity index (χ3v) is 3.13. The number of hydrogen-bond acceptors (Lipinski definition) is 3. The van der Waals surface area contributed by atoms with Gasteiger partial charge in [0.2, 0.25) is 0 Å². The van der Waals surface area contributed by atoms with Gasteiger partial charge in [-0.25, -0.2) is 0 Å². The molecule has 0 aromatic carbocycles. The van der Waals surface area contributed by atoms with Gasteiger partial charge in [0.1, 0.15) is 0 Å². The van der Waals surface area contributed by atoms with Gasteiger partial charge in [-0.2, -0.15) is 0 Å². The van der Waals surface area contributed by atoms with Gasteiger partial charge in [-0.15, -0.1) is 0 Å². The van der Waals surface area contributed by atoms with Crippen molar-refractivity contribution in [1.29, 1.82) is 0 Å². The lowest BCUT2D eigenvalue weighted by Crippen LogP contribution is -2.23. The lowest BCUT2D eigenvalue weighted by Gasteiger charge is -2.15. The quantitative estimate of drug-likeness (QED) is 0.564. The number of methoxy groups -OCH3 is 1. The van der Waals surface area contributed by atoms with Gasteiger partial charge < -0.3 is 14.8 Å². The van der Waals surface area contributed by atoms with Crippen LogP contribution in [0.4, 0.5) is 0 Å². The minimum Gasteiger partial charge on any atom is -0.382 e. The van der Waals surface area contributed by atoms with Crippen LogP contribution in [0.15, 0.2) is 0 Å². The summed E-state index contributed by atoms with van der Waals surface area (Å²) in [4.78, 5) is 0. The van der Waals surface area contributed by atoms with Crippen LogP contribution in [-0.2, 0) is 9.47 Å². The molecule has 3 heteroatoms. The van der Waals surface area contributed by atoms with Crippen LogP contribution >= 0.6 is 0 Å². The van der Waals surface area contributed by atoms with Crippen molar-refractivity contribution in [1.82, 2.24) is 5.32 Å². The fourth-order valence-electron chi connectivity index (χ4n) is 1.88. The van der Waals surface area contributed by atoms with Gasteiger partial charge in [0.15, 0.2) is 0 Å². The van der Waals surface area contributed by atoms with Crippen molar-refractivity contribution in [2.45, 2.75) is 32.6 Å². The van der Waals surface area contributed by atoms with E-state index in [1.165, 1.54) is 32.2 Å². The van der Waals surface area contributed by atoms with Crippen molar-refractivity contribution in [3.8, 4) is 0 Å². The second kappa shape index (κ2) is 7.20. The number of rotatable bonds is 10. The molecule has 0 unspecified atom stereocenters. The van der Waals surface area contributed by atoms with E-state index < -0.39 is 0 Å². The monoisotopic (exact) mass is 215 g/mol. The van der Waals surface area contributed by atoms with Crippen LogP contribution in [0.3, 0.4) is 0 Å². The van der Waals surface area contributed by atoms with Crippen molar-refractivity contribution in [2.24, 2.45) is 5.41 Å². The third kappa shape index (κ3) is 5.50. The van der Waals surface area contributed by atoms with Gasteiger partial charge in [-0.3, -0.25) is 0 Å². The van der Waals surface area contributed by atoms with E-state index in [0.717, 1.165) is 19.8 Å². The molecule has 1 aliphatic carbocycles. The van der Waals surface area contributed by atoms with Crippen LogP contribution in [0.25, 0.3) is 0 Å². The Labute approximate surface area is 93.5 Å². The van der Waals surface area contributed by atoms with Crippen molar-refractivity contribution in [2.75, 3.05) is 40.0 Å². The fraction of sp³-hybridized carbons (Fsp3) is 1.00. The van der Waals surface area contributed by atoms with E-state index in [1.54, 1.807) is 7.11 Å². The summed E-state index contributed by atoms with van der Waals surface area (Å²) in [5, 5.41) is 3.45. The Balaban J connectivity index is 1.90.